The number of hydrogen-bond donors (Lipinski definition) is 2. The van der Waals surface area contributed by atoms with Crippen LogP contribution < -0.4 is 5.32 Å². The van der Waals surface area contributed by atoms with Crippen molar-refractivity contribution in [1.29, 1.82) is 0 Å². The molecule has 2 rings (SSSR count). The van der Waals surface area contributed by atoms with E-state index in [1.165, 1.54) is 0 Å². The Kier molecular flexibility index (Phi) is 5.59. The molecule has 2 amide bonds. The fraction of sp³-hybridized carbons (Fsp3) is 0.500. The molecule has 24 heavy (non-hydrogen) atoms. The van der Waals surface area contributed by atoms with E-state index in [1.807, 2.05) is 20.8 Å². The number of piperidine rings is 1. The van der Waals surface area contributed by atoms with Crippen LogP contribution in [0.25, 0.3) is 0 Å². The van der Waals surface area contributed by atoms with Gasteiger partial charge in [0.2, 0.25) is 5.91 Å². The Hall–Kier alpha value is -2.37. The summed E-state index contributed by atoms with van der Waals surface area (Å²) in [5.74, 6) is -1.58. The number of carboxylic acid groups (broad SMARTS) is 1. The lowest BCUT2D eigenvalue weighted by Gasteiger charge is -2.34. The van der Waals surface area contributed by atoms with Crippen molar-refractivity contribution >= 4 is 23.5 Å². The third-order valence-corrected chi connectivity index (χ3v) is 4.22. The summed E-state index contributed by atoms with van der Waals surface area (Å²) in [7, 11) is 0. The van der Waals surface area contributed by atoms with Gasteiger partial charge in [-0.05, 0) is 36.6 Å². The molecule has 6 nitrogen and oxygen atoms in total. The highest BCUT2D eigenvalue weighted by Gasteiger charge is 2.32. The molecule has 1 aliphatic heterocycles. The number of likely N-dealkylation sites (tertiary alicyclic amines) is 1. The number of rotatable bonds is 4. The van der Waals surface area contributed by atoms with Gasteiger partial charge in [0, 0.05) is 30.3 Å². The molecule has 2 atom stereocenters. The highest BCUT2D eigenvalue weighted by Crippen LogP contribution is 2.23. The van der Waals surface area contributed by atoms with Crippen molar-refractivity contribution < 1.29 is 19.5 Å². The Morgan fingerprint density at radius 3 is 2.33 bits per heavy atom. The summed E-state index contributed by atoms with van der Waals surface area (Å²) in [4.78, 5) is 37.1. The first kappa shape index (κ1) is 18.0. The molecule has 0 aliphatic carbocycles. The number of hydrogen-bond acceptors (Lipinski definition) is 3. The van der Waals surface area contributed by atoms with E-state index in [1.54, 1.807) is 29.2 Å². The molecule has 0 radical (unpaired) electrons. The predicted molar refractivity (Wildman–Crippen MR) is 90.7 cm³/mol. The molecule has 0 saturated carbocycles. The molecule has 0 aromatic heterocycles. The molecule has 1 fully saturated rings. The van der Waals surface area contributed by atoms with Crippen molar-refractivity contribution in [2.24, 2.45) is 17.8 Å². The van der Waals surface area contributed by atoms with Crippen LogP contribution in [0, 0.1) is 17.8 Å². The number of nitrogens with zero attached hydrogens (tertiary/aromatic N) is 1. The van der Waals surface area contributed by atoms with Gasteiger partial charge in [0.05, 0.1) is 5.92 Å². The van der Waals surface area contributed by atoms with Crippen molar-refractivity contribution in [1.82, 2.24) is 4.90 Å². The van der Waals surface area contributed by atoms with Gasteiger partial charge >= 0.3 is 5.97 Å². The molecule has 1 saturated heterocycles. The van der Waals surface area contributed by atoms with Gasteiger partial charge in [-0.2, -0.15) is 0 Å². The van der Waals surface area contributed by atoms with Gasteiger partial charge in [-0.15, -0.1) is 0 Å². The Labute approximate surface area is 141 Å². The van der Waals surface area contributed by atoms with Crippen LogP contribution in [0.3, 0.4) is 0 Å². The highest BCUT2D eigenvalue weighted by molar-refractivity contribution is 5.96. The second-order valence-corrected chi connectivity index (χ2v) is 6.81. The lowest BCUT2D eigenvalue weighted by Crippen LogP contribution is -2.45. The highest BCUT2D eigenvalue weighted by atomic mass is 16.4. The topological polar surface area (TPSA) is 86.7 Å². The van der Waals surface area contributed by atoms with Gasteiger partial charge in [-0.3, -0.25) is 14.4 Å². The Morgan fingerprint density at radius 2 is 1.79 bits per heavy atom. The third-order valence-electron chi connectivity index (χ3n) is 4.22. The summed E-state index contributed by atoms with van der Waals surface area (Å²) in [6.07, 6.45) is 0.597. The van der Waals surface area contributed by atoms with Gasteiger partial charge in [0.15, 0.2) is 0 Å². The minimum atomic E-state index is -0.855. The van der Waals surface area contributed by atoms with Gasteiger partial charge in [0.25, 0.3) is 5.91 Å². The maximum Gasteiger partial charge on any atom is 0.308 e. The monoisotopic (exact) mass is 332 g/mol. The van der Waals surface area contributed by atoms with Crippen molar-refractivity contribution in [2.45, 2.75) is 27.2 Å². The zero-order valence-electron chi connectivity index (χ0n) is 14.3. The van der Waals surface area contributed by atoms with Crippen LogP contribution in [-0.2, 0) is 9.59 Å². The second-order valence-electron chi connectivity index (χ2n) is 6.81. The van der Waals surface area contributed by atoms with E-state index in [9.17, 15) is 19.5 Å². The van der Waals surface area contributed by atoms with Crippen molar-refractivity contribution in [3.63, 3.8) is 0 Å². The normalized spacial score (nSPS) is 20.8. The molecule has 6 heteroatoms. The average molecular weight is 332 g/mol. The first-order valence-electron chi connectivity index (χ1n) is 8.21. The molecule has 130 valence electrons. The molecule has 1 aromatic carbocycles. The average Bonchev–Trinajstić information content (AvgIpc) is 2.54. The molecule has 1 heterocycles. The van der Waals surface area contributed by atoms with Gasteiger partial charge < -0.3 is 15.3 Å². The number of aliphatic carboxylic acids is 1. The number of amides is 2. The summed E-state index contributed by atoms with van der Waals surface area (Å²) in [6, 6.07) is 6.70. The first-order valence-corrected chi connectivity index (χ1v) is 8.21. The number of anilines is 1. The van der Waals surface area contributed by atoms with Crippen molar-refractivity contribution in [3.05, 3.63) is 29.8 Å². The largest absolute Gasteiger partial charge is 0.481 e. The molecule has 1 aliphatic rings. The minimum Gasteiger partial charge on any atom is -0.481 e. The van der Waals surface area contributed by atoms with Crippen LogP contribution in [-0.4, -0.2) is 40.9 Å². The zero-order valence-corrected chi connectivity index (χ0v) is 14.3. The van der Waals surface area contributed by atoms with Crippen LogP contribution in [0.4, 0.5) is 5.69 Å². The van der Waals surface area contributed by atoms with Crippen LogP contribution in [0.2, 0.25) is 0 Å². The van der Waals surface area contributed by atoms with Crippen LogP contribution in [0.15, 0.2) is 24.3 Å². The number of carbonyl (C=O) groups is 3. The van der Waals surface area contributed by atoms with Crippen molar-refractivity contribution in [3.8, 4) is 0 Å². The third kappa shape index (κ3) is 4.34. The molecule has 0 bridgehead atoms. The van der Waals surface area contributed by atoms with E-state index < -0.39 is 11.9 Å². The summed E-state index contributed by atoms with van der Waals surface area (Å²) in [5, 5.41) is 12.0. The standard InChI is InChI=1S/C18H24N2O4/c1-11(2)16(21)19-15-6-4-13(5-7-15)17(22)20-9-12(3)8-14(10-20)18(23)24/h4-7,11-12,14H,8-10H2,1-3H3,(H,19,21)(H,23,24). The number of carbonyl (C=O) groups excluding carboxylic acids is 2. The van der Waals surface area contributed by atoms with Crippen molar-refractivity contribution in [2.75, 3.05) is 18.4 Å². The SMILES string of the molecule is CC1CC(C(=O)O)CN(C(=O)c2ccc(NC(=O)C(C)C)cc2)C1. The molecular weight excluding hydrogens is 308 g/mol. The van der Waals surface area contributed by atoms with Gasteiger partial charge in [0.1, 0.15) is 0 Å². The second kappa shape index (κ2) is 7.47. The van der Waals surface area contributed by atoms with E-state index in [4.69, 9.17) is 0 Å². The maximum absolute atomic E-state index is 12.6. The van der Waals surface area contributed by atoms with E-state index in [0.717, 1.165) is 0 Å². The van der Waals surface area contributed by atoms with E-state index in [2.05, 4.69) is 5.32 Å². The summed E-state index contributed by atoms with van der Waals surface area (Å²) in [6.45, 7) is 6.38. The molecular formula is C18H24N2O4. The predicted octanol–water partition coefficient (Wildman–Crippen LogP) is 2.46. The quantitative estimate of drug-likeness (QED) is 0.887. The van der Waals surface area contributed by atoms with Crippen LogP contribution in [0.5, 0.6) is 0 Å². The summed E-state index contributed by atoms with van der Waals surface area (Å²) in [5.41, 5.74) is 1.14. The first-order chi connectivity index (χ1) is 11.3. The number of benzene rings is 1. The molecule has 1 aromatic rings. The summed E-state index contributed by atoms with van der Waals surface area (Å²) < 4.78 is 0. The van der Waals surface area contributed by atoms with Crippen LogP contribution >= 0.6 is 0 Å². The van der Waals surface area contributed by atoms with E-state index in [0.29, 0.717) is 24.2 Å². The smallest absolute Gasteiger partial charge is 0.308 e. The fourth-order valence-electron chi connectivity index (χ4n) is 2.86. The maximum atomic E-state index is 12.6. The summed E-state index contributed by atoms with van der Waals surface area (Å²) >= 11 is 0. The molecule has 2 N–H and O–H groups in total. The molecule has 0 spiro atoms. The van der Waals surface area contributed by atoms with E-state index >= 15 is 0 Å². The van der Waals surface area contributed by atoms with Gasteiger partial charge in [-0.1, -0.05) is 20.8 Å². The molecule has 2 unspecified atom stereocenters. The fourth-order valence-corrected chi connectivity index (χ4v) is 2.86. The lowest BCUT2D eigenvalue weighted by molar-refractivity contribution is -0.143. The Bertz CT molecular complexity index is 624. The number of carboxylic acids is 1. The van der Waals surface area contributed by atoms with E-state index in [-0.39, 0.29) is 30.2 Å². The lowest BCUT2D eigenvalue weighted by atomic mass is 9.90. The number of nitrogens with one attached hydrogen (secondary N) is 1. The van der Waals surface area contributed by atoms with Crippen LogP contribution in [0.1, 0.15) is 37.6 Å². The zero-order chi connectivity index (χ0) is 17.9. The Balaban J connectivity index is 2.06. The van der Waals surface area contributed by atoms with Gasteiger partial charge in [-0.25, -0.2) is 0 Å². The minimum absolute atomic E-state index is 0.0803. The Morgan fingerprint density at radius 1 is 1.17 bits per heavy atom.